The standard InChI is InChI=1S/C21H30F2N8O4/c1-14(25)8-19(33)31-7-5-27(4-6-29(31)13-32)20-17(22)9-15(10-18(20)23)30-12-16(35-21(30)34)11-28(26)3-2-24/h2-3,9-10,13-14,16H,4-8,11-12,24-26H2,1H3/b3-2-/t14-,16+/m1/s1. The zero-order chi connectivity index (χ0) is 25.7. The maximum atomic E-state index is 15.1. The minimum atomic E-state index is -0.893. The molecular weight excluding hydrogens is 466 g/mol. The number of ether oxygens (including phenoxy) is 1. The SMILES string of the molecule is C[C@@H](N)CC(=O)N1CCN(c2c(F)cc(N3C[C@H](CN(N)/C=C\N)OC3=O)cc2F)CCN1C=O. The maximum absolute atomic E-state index is 15.1. The van der Waals surface area contributed by atoms with E-state index in [1.165, 1.54) is 32.3 Å². The quantitative estimate of drug-likeness (QED) is 0.249. The third-order valence-electron chi connectivity index (χ3n) is 5.59. The van der Waals surface area contributed by atoms with Gasteiger partial charge in [-0.3, -0.25) is 19.5 Å². The Hall–Kier alpha value is -3.65. The lowest BCUT2D eigenvalue weighted by Gasteiger charge is -2.29. The maximum Gasteiger partial charge on any atom is 0.414 e. The molecule has 1 aromatic carbocycles. The number of amides is 3. The fourth-order valence-electron chi connectivity index (χ4n) is 4.03. The lowest BCUT2D eigenvalue weighted by Crippen LogP contribution is -2.47. The highest BCUT2D eigenvalue weighted by atomic mass is 19.1. The van der Waals surface area contributed by atoms with Crippen molar-refractivity contribution in [3.63, 3.8) is 0 Å². The number of nitrogens with zero attached hydrogens (tertiary/aromatic N) is 5. The Bertz CT molecular complexity index is 956. The van der Waals surface area contributed by atoms with E-state index in [-0.39, 0.29) is 63.0 Å². The first-order valence-corrected chi connectivity index (χ1v) is 11.0. The Kier molecular flexibility index (Phi) is 8.30. The summed E-state index contributed by atoms with van der Waals surface area (Å²) in [5, 5.41) is 3.65. The topological polar surface area (TPSA) is 155 Å². The van der Waals surface area contributed by atoms with Crippen molar-refractivity contribution in [2.75, 3.05) is 49.1 Å². The molecule has 0 saturated carbocycles. The summed E-state index contributed by atoms with van der Waals surface area (Å²) in [5.41, 5.74) is 10.6. The monoisotopic (exact) mass is 496 g/mol. The molecule has 12 nitrogen and oxygen atoms in total. The third-order valence-corrected chi connectivity index (χ3v) is 5.59. The van der Waals surface area contributed by atoms with Crippen LogP contribution in [0.1, 0.15) is 13.3 Å². The largest absolute Gasteiger partial charge is 0.442 e. The molecule has 0 spiro atoms. The van der Waals surface area contributed by atoms with E-state index >= 15 is 8.78 Å². The minimum absolute atomic E-state index is 0.00716. The average Bonchev–Trinajstić information content (AvgIpc) is 3.00. The van der Waals surface area contributed by atoms with Crippen molar-refractivity contribution in [1.29, 1.82) is 0 Å². The van der Waals surface area contributed by atoms with Crippen LogP contribution in [-0.2, 0) is 14.3 Å². The molecule has 6 N–H and O–H groups in total. The Labute approximate surface area is 201 Å². The van der Waals surface area contributed by atoms with Crippen LogP contribution in [-0.4, -0.2) is 84.9 Å². The lowest BCUT2D eigenvalue weighted by atomic mass is 10.2. The van der Waals surface area contributed by atoms with Crippen molar-refractivity contribution >= 4 is 29.8 Å². The number of halogens is 2. The number of rotatable bonds is 8. The van der Waals surface area contributed by atoms with Crippen molar-refractivity contribution in [2.24, 2.45) is 17.3 Å². The van der Waals surface area contributed by atoms with Gasteiger partial charge < -0.3 is 26.1 Å². The van der Waals surface area contributed by atoms with Gasteiger partial charge in [0.25, 0.3) is 0 Å². The first kappa shape index (κ1) is 26.0. The summed E-state index contributed by atoms with van der Waals surface area (Å²) in [6.45, 7) is 2.09. The van der Waals surface area contributed by atoms with Gasteiger partial charge in [-0.2, -0.15) is 0 Å². The Morgan fingerprint density at radius 2 is 1.91 bits per heavy atom. The molecule has 35 heavy (non-hydrogen) atoms. The smallest absolute Gasteiger partial charge is 0.414 e. The van der Waals surface area contributed by atoms with Crippen LogP contribution in [0.5, 0.6) is 0 Å². The van der Waals surface area contributed by atoms with Crippen molar-refractivity contribution in [3.05, 3.63) is 36.2 Å². The van der Waals surface area contributed by atoms with Gasteiger partial charge in [0, 0.05) is 50.1 Å². The zero-order valence-corrected chi connectivity index (χ0v) is 19.3. The van der Waals surface area contributed by atoms with Gasteiger partial charge in [0.2, 0.25) is 12.3 Å². The van der Waals surface area contributed by atoms with Crippen LogP contribution in [0.15, 0.2) is 24.5 Å². The molecular formula is C21H30F2N8O4. The second-order valence-corrected chi connectivity index (χ2v) is 8.37. The van der Waals surface area contributed by atoms with E-state index < -0.39 is 29.9 Å². The summed E-state index contributed by atoms with van der Waals surface area (Å²) in [7, 11) is 0. The van der Waals surface area contributed by atoms with Crippen molar-refractivity contribution in [2.45, 2.75) is 25.5 Å². The molecule has 0 bridgehead atoms. The average molecular weight is 497 g/mol. The third kappa shape index (κ3) is 6.08. The van der Waals surface area contributed by atoms with Crippen LogP contribution in [0.25, 0.3) is 0 Å². The van der Waals surface area contributed by atoms with Gasteiger partial charge in [-0.1, -0.05) is 0 Å². The van der Waals surface area contributed by atoms with E-state index in [0.29, 0.717) is 6.41 Å². The lowest BCUT2D eigenvalue weighted by molar-refractivity contribution is -0.155. The molecule has 14 heteroatoms. The summed E-state index contributed by atoms with van der Waals surface area (Å²) in [6, 6.07) is 1.69. The molecule has 2 aliphatic rings. The molecule has 2 atom stereocenters. The number of anilines is 2. The van der Waals surface area contributed by atoms with Crippen LogP contribution in [0.4, 0.5) is 25.0 Å². The predicted molar refractivity (Wildman–Crippen MR) is 123 cm³/mol. The molecule has 0 aliphatic carbocycles. The van der Waals surface area contributed by atoms with Crippen LogP contribution >= 0.6 is 0 Å². The number of nitrogens with two attached hydrogens (primary N) is 3. The van der Waals surface area contributed by atoms with Crippen LogP contribution in [0.3, 0.4) is 0 Å². The van der Waals surface area contributed by atoms with Crippen molar-refractivity contribution in [3.8, 4) is 0 Å². The molecule has 2 heterocycles. The molecule has 2 aliphatic heterocycles. The number of carbonyl (C=O) groups excluding carboxylic acids is 3. The zero-order valence-electron chi connectivity index (χ0n) is 19.3. The van der Waals surface area contributed by atoms with E-state index in [2.05, 4.69) is 0 Å². The van der Waals surface area contributed by atoms with Crippen molar-refractivity contribution < 1.29 is 27.9 Å². The summed E-state index contributed by atoms with van der Waals surface area (Å²) >= 11 is 0. The summed E-state index contributed by atoms with van der Waals surface area (Å²) < 4.78 is 35.5. The Morgan fingerprint density at radius 1 is 1.26 bits per heavy atom. The number of cyclic esters (lactones) is 1. The van der Waals surface area contributed by atoms with E-state index in [1.54, 1.807) is 6.92 Å². The summed E-state index contributed by atoms with van der Waals surface area (Å²) in [5.74, 6) is 3.56. The molecule has 0 aromatic heterocycles. The van der Waals surface area contributed by atoms with Gasteiger partial charge in [-0.15, -0.1) is 0 Å². The number of benzene rings is 1. The molecule has 1 aromatic rings. The normalized spacial score (nSPS) is 19.7. The summed E-state index contributed by atoms with van der Waals surface area (Å²) in [6.07, 6.45) is 1.76. The van der Waals surface area contributed by atoms with Gasteiger partial charge in [0.15, 0.2) is 11.6 Å². The van der Waals surface area contributed by atoms with Crippen LogP contribution < -0.4 is 27.1 Å². The Morgan fingerprint density at radius 3 is 2.51 bits per heavy atom. The van der Waals surface area contributed by atoms with Crippen molar-refractivity contribution in [1.82, 2.24) is 15.0 Å². The molecule has 3 rings (SSSR count). The fourth-order valence-corrected chi connectivity index (χ4v) is 4.03. The second kappa shape index (κ2) is 11.2. The second-order valence-electron chi connectivity index (χ2n) is 8.37. The number of hydrazine groups is 2. The first-order valence-electron chi connectivity index (χ1n) is 11.0. The highest BCUT2D eigenvalue weighted by Crippen LogP contribution is 2.31. The highest BCUT2D eigenvalue weighted by molar-refractivity contribution is 5.90. The van der Waals surface area contributed by atoms with Gasteiger partial charge in [0.1, 0.15) is 11.8 Å². The van der Waals surface area contributed by atoms with E-state index in [0.717, 1.165) is 17.0 Å². The van der Waals surface area contributed by atoms with Gasteiger partial charge >= 0.3 is 6.09 Å². The first-order chi connectivity index (χ1) is 16.6. The van der Waals surface area contributed by atoms with E-state index in [9.17, 15) is 14.4 Å². The number of hydrogen-bond acceptors (Lipinski definition) is 9. The van der Waals surface area contributed by atoms with E-state index in [1.807, 2.05) is 0 Å². The number of carbonyl (C=O) groups is 3. The fraction of sp³-hybridized carbons (Fsp3) is 0.476. The highest BCUT2D eigenvalue weighted by Gasteiger charge is 2.35. The van der Waals surface area contributed by atoms with Gasteiger partial charge in [-0.25, -0.2) is 24.4 Å². The molecule has 0 unspecified atom stereocenters. The number of hydrogen-bond donors (Lipinski definition) is 3. The molecule has 3 amide bonds. The molecule has 2 fully saturated rings. The summed E-state index contributed by atoms with van der Waals surface area (Å²) in [4.78, 5) is 38.8. The molecule has 192 valence electrons. The molecule has 0 radical (unpaired) electrons. The van der Waals surface area contributed by atoms with E-state index in [4.69, 9.17) is 22.0 Å². The Balaban J connectivity index is 1.76. The van der Waals surface area contributed by atoms with Crippen LogP contribution in [0.2, 0.25) is 0 Å². The molecule has 2 saturated heterocycles. The minimum Gasteiger partial charge on any atom is -0.442 e. The van der Waals surface area contributed by atoms with Gasteiger partial charge in [0.05, 0.1) is 31.9 Å². The van der Waals surface area contributed by atoms with Crippen LogP contribution in [0, 0.1) is 11.6 Å². The van der Waals surface area contributed by atoms with Gasteiger partial charge in [-0.05, 0) is 6.92 Å². The predicted octanol–water partition coefficient (Wildman–Crippen LogP) is -0.345.